The molecule has 3 aromatic rings. The molecule has 5 heteroatoms. The lowest BCUT2D eigenvalue weighted by Crippen LogP contribution is -2.08. The molecule has 0 atom stereocenters. The summed E-state index contributed by atoms with van der Waals surface area (Å²) in [5.74, 6) is 1.23. The molecule has 0 unspecified atom stereocenters. The van der Waals surface area contributed by atoms with Crippen LogP contribution in [0.5, 0.6) is 11.6 Å². The van der Waals surface area contributed by atoms with Crippen molar-refractivity contribution in [3.8, 4) is 11.6 Å². The summed E-state index contributed by atoms with van der Waals surface area (Å²) in [7, 11) is 3.99. The molecule has 0 bridgehead atoms. The van der Waals surface area contributed by atoms with Crippen LogP contribution in [-0.4, -0.2) is 24.1 Å². The summed E-state index contributed by atoms with van der Waals surface area (Å²) in [5, 5.41) is 0.875. The molecule has 1 heterocycles. The van der Waals surface area contributed by atoms with Gasteiger partial charge in [-0.3, -0.25) is 0 Å². The fraction of sp³-hybridized carbons (Fsp3) is 0.125. The fourth-order valence-electron chi connectivity index (χ4n) is 2.03. The third-order valence-corrected chi connectivity index (χ3v) is 3.19. The van der Waals surface area contributed by atoms with Crippen molar-refractivity contribution >= 4 is 22.3 Å². The van der Waals surface area contributed by atoms with Crippen LogP contribution in [0.2, 0.25) is 0 Å². The van der Waals surface area contributed by atoms with Crippen molar-refractivity contribution in [2.24, 2.45) is 0 Å². The Morgan fingerprint density at radius 2 is 1.76 bits per heavy atom. The predicted molar refractivity (Wildman–Crippen MR) is 84.8 cm³/mol. The first-order valence-electron chi connectivity index (χ1n) is 6.59. The van der Waals surface area contributed by atoms with Gasteiger partial charge in [0.25, 0.3) is 0 Å². The van der Waals surface area contributed by atoms with Crippen molar-refractivity contribution in [3.63, 3.8) is 0 Å². The average molecular weight is 280 g/mol. The Kier molecular flexibility index (Phi) is 3.31. The standard InChI is InChI=1S/C16H16N4O/c1-20(2)12-5-8-14-15(9-12)18-10-19-16(14)21-13-6-3-11(17)4-7-13/h3-10H,17H2,1-2H3. The highest BCUT2D eigenvalue weighted by Gasteiger charge is 2.07. The molecule has 0 aliphatic carbocycles. The van der Waals surface area contributed by atoms with E-state index in [4.69, 9.17) is 10.5 Å². The molecule has 0 amide bonds. The van der Waals surface area contributed by atoms with Gasteiger partial charge in [-0.25, -0.2) is 9.97 Å². The lowest BCUT2D eigenvalue weighted by Gasteiger charge is -2.13. The van der Waals surface area contributed by atoms with Crippen molar-refractivity contribution in [2.45, 2.75) is 0 Å². The van der Waals surface area contributed by atoms with Gasteiger partial charge in [-0.15, -0.1) is 0 Å². The first-order chi connectivity index (χ1) is 10.1. The van der Waals surface area contributed by atoms with Crippen molar-refractivity contribution in [1.82, 2.24) is 9.97 Å². The van der Waals surface area contributed by atoms with E-state index in [1.54, 1.807) is 12.1 Å². The number of nitrogens with two attached hydrogens (primary N) is 1. The number of aromatic nitrogens is 2. The number of anilines is 2. The maximum Gasteiger partial charge on any atom is 0.230 e. The van der Waals surface area contributed by atoms with Crippen LogP contribution in [-0.2, 0) is 0 Å². The summed E-state index contributed by atoms with van der Waals surface area (Å²) in [4.78, 5) is 10.6. The lowest BCUT2D eigenvalue weighted by atomic mass is 10.2. The van der Waals surface area contributed by atoms with Gasteiger partial charge in [0.05, 0.1) is 10.9 Å². The fourth-order valence-corrected chi connectivity index (χ4v) is 2.03. The number of hydrogen-bond acceptors (Lipinski definition) is 5. The van der Waals surface area contributed by atoms with Gasteiger partial charge in [0.2, 0.25) is 5.88 Å². The van der Waals surface area contributed by atoms with E-state index in [0.29, 0.717) is 17.3 Å². The minimum absolute atomic E-state index is 0.537. The topological polar surface area (TPSA) is 64.3 Å². The van der Waals surface area contributed by atoms with Crippen LogP contribution in [0.15, 0.2) is 48.8 Å². The van der Waals surface area contributed by atoms with E-state index in [9.17, 15) is 0 Å². The van der Waals surface area contributed by atoms with Gasteiger partial charge in [-0.2, -0.15) is 0 Å². The van der Waals surface area contributed by atoms with Crippen LogP contribution in [0.1, 0.15) is 0 Å². The minimum atomic E-state index is 0.537. The third kappa shape index (κ3) is 2.72. The molecule has 0 aliphatic heterocycles. The first kappa shape index (κ1) is 13.2. The molecule has 21 heavy (non-hydrogen) atoms. The molecule has 0 aliphatic rings. The number of ether oxygens (including phenoxy) is 1. The number of nitrogens with zero attached hydrogens (tertiary/aromatic N) is 3. The zero-order chi connectivity index (χ0) is 14.8. The monoisotopic (exact) mass is 280 g/mol. The summed E-state index contributed by atoms with van der Waals surface area (Å²) < 4.78 is 5.83. The Bertz CT molecular complexity index is 769. The smallest absolute Gasteiger partial charge is 0.230 e. The molecule has 0 saturated heterocycles. The summed E-state index contributed by atoms with van der Waals surface area (Å²) in [6.07, 6.45) is 1.51. The number of nitrogen functional groups attached to an aromatic ring is 1. The van der Waals surface area contributed by atoms with E-state index in [0.717, 1.165) is 16.6 Å². The molecule has 0 saturated carbocycles. The largest absolute Gasteiger partial charge is 0.438 e. The van der Waals surface area contributed by atoms with Gasteiger partial charge in [-0.1, -0.05) is 0 Å². The van der Waals surface area contributed by atoms with E-state index in [-0.39, 0.29) is 0 Å². The first-order valence-corrected chi connectivity index (χ1v) is 6.59. The lowest BCUT2D eigenvalue weighted by molar-refractivity contribution is 0.468. The zero-order valence-electron chi connectivity index (χ0n) is 11.9. The molecule has 3 rings (SSSR count). The SMILES string of the molecule is CN(C)c1ccc2c(Oc3ccc(N)cc3)ncnc2c1. The maximum absolute atomic E-state index is 5.83. The van der Waals surface area contributed by atoms with Gasteiger partial charge in [0.1, 0.15) is 12.1 Å². The Morgan fingerprint density at radius 3 is 2.48 bits per heavy atom. The predicted octanol–water partition coefficient (Wildman–Crippen LogP) is 3.07. The molecule has 0 radical (unpaired) electrons. The Morgan fingerprint density at radius 1 is 1.00 bits per heavy atom. The maximum atomic E-state index is 5.83. The number of fused-ring (bicyclic) bond motifs is 1. The summed E-state index contributed by atoms with van der Waals surface area (Å²) in [6.45, 7) is 0. The van der Waals surface area contributed by atoms with Crippen LogP contribution >= 0.6 is 0 Å². The van der Waals surface area contributed by atoms with Crippen LogP contribution in [0.25, 0.3) is 10.9 Å². The molecular formula is C16H16N4O. The normalized spacial score (nSPS) is 10.6. The molecule has 2 aromatic carbocycles. The van der Waals surface area contributed by atoms with Crippen molar-refractivity contribution in [2.75, 3.05) is 24.7 Å². The van der Waals surface area contributed by atoms with Gasteiger partial charge in [0.15, 0.2) is 0 Å². The third-order valence-electron chi connectivity index (χ3n) is 3.19. The number of benzene rings is 2. The van der Waals surface area contributed by atoms with E-state index in [1.807, 2.05) is 49.3 Å². The molecule has 0 spiro atoms. The Hall–Kier alpha value is -2.82. The molecule has 5 nitrogen and oxygen atoms in total. The second kappa shape index (κ2) is 5.28. The molecule has 0 fully saturated rings. The summed E-state index contributed by atoms with van der Waals surface area (Å²) in [6, 6.07) is 13.2. The number of rotatable bonds is 3. The molecule has 1 aromatic heterocycles. The average Bonchev–Trinajstić information content (AvgIpc) is 2.49. The van der Waals surface area contributed by atoms with Crippen molar-refractivity contribution in [3.05, 3.63) is 48.8 Å². The van der Waals surface area contributed by atoms with E-state index in [2.05, 4.69) is 9.97 Å². The minimum Gasteiger partial charge on any atom is -0.438 e. The van der Waals surface area contributed by atoms with Crippen LogP contribution < -0.4 is 15.4 Å². The Labute approximate surface area is 123 Å². The molecule has 106 valence electrons. The zero-order valence-corrected chi connectivity index (χ0v) is 11.9. The van der Waals surface area contributed by atoms with Gasteiger partial charge in [-0.05, 0) is 42.5 Å². The van der Waals surface area contributed by atoms with Gasteiger partial charge >= 0.3 is 0 Å². The molecule has 2 N–H and O–H groups in total. The second-order valence-corrected chi connectivity index (χ2v) is 4.95. The summed E-state index contributed by atoms with van der Waals surface area (Å²) >= 11 is 0. The quantitative estimate of drug-likeness (QED) is 0.747. The van der Waals surface area contributed by atoms with Gasteiger partial charge in [0, 0.05) is 25.5 Å². The number of hydrogen-bond donors (Lipinski definition) is 1. The Balaban J connectivity index is 2.00. The van der Waals surface area contributed by atoms with Crippen LogP contribution in [0, 0.1) is 0 Å². The van der Waals surface area contributed by atoms with Crippen LogP contribution in [0.4, 0.5) is 11.4 Å². The van der Waals surface area contributed by atoms with Crippen LogP contribution in [0.3, 0.4) is 0 Å². The van der Waals surface area contributed by atoms with E-state index >= 15 is 0 Å². The highest BCUT2D eigenvalue weighted by molar-refractivity contribution is 5.86. The van der Waals surface area contributed by atoms with E-state index in [1.165, 1.54) is 6.33 Å². The highest BCUT2D eigenvalue weighted by Crippen LogP contribution is 2.29. The van der Waals surface area contributed by atoms with Crippen molar-refractivity contribution < 1.29 is 4.74 Å². The summed E-state index contributed by atoms with van der Waals surface area (Å²) in [5.41, 5.74) is 8.30. The van der Waals surface area contributed by atoms with E-state index < -0.39 is 0 Å². The van der Waals surface area contributed by atoms with Crippen molar-refractivity contribution in [1.29, 1.82) is 0 Å². The van der Waals surface area contributed by atoms with Gasteiger partial charge < -0.3 is 15.4 Å². The highest BCUT2D eigenvalue weighted by atomic mass is 16.5. The molecular weight excluding hydrogens is 264 g/mol. The second-order valence-electron chi connectivity index (χ2n) is 4.95.